The summed E-state index contributed by atoms with van der Waals surface area (Å²) < 4.78 is 7.69. The Labute approximate surface area is 127 Å². The maximum atomic E-state index is 6.00. The maximum absolute atomic E-state index is 6.00. The van der Waals surface area contributed by atoms with E-state index in [9.17, 15) is 0 Å². The van der Waals surface area contributed by atoms with Gasteiger partial charge in [-0.3, -0.25) is 0 Å². The van der Waals surface area contributed by atoms with Crippen molar-refractivity contribution < 1.29 is 4.74 Å². The fraction of sp³-hybridized carbons (Fsp3) is 0.333. The summed E-state index contributed by atoms with van der Waals surface area (Å²) in [4.78, 5) is 12.6. The Balaban J connectivity index is 1.78. The smallest absolute Gasteiger partial charge is 0.253 e. The predicted octanol–water partition coefficient (Wildman–Crippen LogP) is 2.31. The molecule has 112 valence electrons. The molecule has 22 heavy (non-hydrogen) atoms. The minimum Gasteiger partial charge on any atom is -0.418 e. The summed E-state index contributed by atoms with van der Waals surface area (Å²) in [5, 5.41) is 5.17. The zero-order chi connectivity index (χ0) is 15.1. The Kier molecular flexibility index (Phi) is 2.92. The monoisotopic (exact) mass is 296 g/mol. The number of nitrogen functional groups attached to an aromatic ring is 1. The Bertz CT molecular complexity index is 839. The van der Waals surface area contributed by atoms with Gasteiger partial charge in [0.25, 0.3) is 5.88 Å². The summed E-state index contributed by atoms with van der Waals surface area (Å²) in [5.41, 5.74) is 7.77. The molecule has 7 heteroatoms. The molecule has 0 bridgehead atoms. The summed E-state index contributed by atoms with van der Waals surface area (Å²) in [6.07, 6.45) is 5.63. The highest BCUT2D eigenvalue weighted by atomic mass is 16.5. The molecular formula is C15H16N6O. The maximum Gasteiger partial charge on any atom is 0.253 e. The van der Waals surface area contributed by atoms with Crippen LogP contribution in [0.25, 0.3) is 11.0 Å². The van der Waals surface area contributed by atoms with Gasteiger partial charge in [0.15, 0.2) is 5.65 Å². The number of pyridine rings is 1. The standard InChI is InChI=1S/C15H16N6O/c1-9-4-5-17-11(6-9)22-15-12-13(16)18-8-19-14(12)21(20-15)7-10-2-3-10/h4-6,8,10H,2-3,7H2,1H3,(H2,16,18,19). The van der Waals surface area contributed by atoms with Crippen molar-refractivity contribution in [2.75, 3.05) is 5.73 Å². The van der Waals surface area contributed by atoms with Crippen LogP contribution in [-0.2, 0) is 6.54 Å². The quantitative estimate of drug-likeness (QED) is 0.794. The minimum atomic E-state index is 0.370. The molecule has 0 atom stereocenters. The van der Waals surface area contributed by atoms with Crippen LogP contribution >= 0.6 is 0 Å². The fourth-order valence-corrected chi connectivity index (χ4v) is 2.40. The van der Waals surface area contributed by atoms with E-state index in [2.05, 4.69) is 20.1 Å². The highest BCUT2D eigenvalue weighted by Gasteiger charge is 2.25. The molecule has 1 saturated carbocycles. The molecule has 7 nitrogen and oxygen atoms in total. The highest BCUT2D eigenvalue weighted by molar-refractivity contribution is 5.90. The van der Waals surface area contributed by atoms with Crippen molar-refractivity contribution in [1.29, 1.82) is 0 Å². The summed E-state index contributed by atoms with van der Waals surface area (Å²) >= 11 is 0. The van der Waals surface area contributed by atoms with Gasteiger partial charge in [-0.2, -0.15) is 0 Å². The lowest BCUT2D eigenvalue weighted by Crippen LogP contribution is -2.03. The topological polar surface area (TPSA) is 91.7 Å². The van der Waals surface area contributed by atoms with Crippen LogP contribution in [0.15, 0.2) is 24.7 Å². The fourth-order valence-electron chi connectivity index (χ4n) is 2.40. The summed E-state index contributed by atoms with van der Waals surface area (Å²) in [6, 6.07) is 3.76. The van der Waals surface area contributed by atoms with E-state index in [-0.39, 0.29) is 0 Å². The predicted molar refractivity (Wildman–Crippen MR) is 81.5 cm³/mol. The van der Waals surface area contributed by atoms with E-state index in [1.807, 2.05) is 23.7 Å². The van der Waals surface area contributed by atoms with E-state index in [4.69, 9.17) is 10.5 Å². The van der Waals surface area contributed by atoms with Gasteiger partial charge in [0.2, 0.25) is 5.88 Å². The molecule has 3 aromatic rings. The Hall–Kier alpha value is -2.70. The normalized spacial score (nSPS) is 14.4. The SMILES string of the molecule is Cc1ccnc(Oc2nn(CC3CC3)c3ncnc(N)c23)c1. The Morgan fingerprint density at radius 1 is 1.32 bits per heavy atom. The molecule has 3 heterocycles. The lowest BCUT2D eigenvalue weighted by Gasteiger charge is -2.02. The average molecular weight is 296 g/mol. The molecule has 4 rings (SSSR count). The van der Waals surface area contributed by atoms with Crippen molar-refractivity contribution in [2.24, 2.45) is 5.92 Å². The van der Waals surface area contributed by atoms with Gasteiger partial charge in [-0.25, -0.2) is 19.6 Å². The van der Waals surface area contributed by atoms with E-state index < -0.39 is 0 Å². The van der Waals surface area contributed by atoms with Gasteiger partial charge in [-0.05, 0) is 37.3 Å². The van der Waals surface area contributed by atoms with Crippen LogP contribution in [0.2, 0.25) is 0 Å². The molecule has 0 aliphatic heterocycles. The molecule has 1 aliphatic rings. The minimum absolute atomic E-state index is 0.370. The van der Waals surface area contributed by atoms with Crippen molar-refractivity contribution in [3.63, 3.8) is 0 Å². The first-order chi connectivity index (χ1) is 10.7. The summed E-state index contributed by atoms with van der Waals surface area (Å²) in [5.74, 6) is 1.94. The lowest BCUT2D eigenvalue weighted by molar-refractivity contribution is 0.431. The second-order valence-electron chi connectivity index (χ2n) is 5.66. The third-order valence-electron chi connectivity index (χ3n) is 3.75. The van der Waals surface area contributed by atoms with Crippen LogP contribution in [0.1, 0.15) is 18.4 Å². The van der Waals surface area contributed by atoms with Crippen LogP contribution < -0.4 is 10.5 Å². The molecule has 1 aliphatic carbocycles. The van der Waals surface area contributed by atoms with E-state index in [0.29, 0.717) is 34.5 Å². The van der Waals surface area contributed by atoms with Crippen molar-refractivity contribution in [3.05, 3.63) is 30.2 Å². The zero-order valence-electron chi connectivity index (χ0n) is 12.2. The summed E-state index contributed by atoms with van der Waals surface area (Å²) in [7, 11) is 0. The molecule has 0 amide bonds. The van der Waals surface area contributed by atoms with Gasteiger partial charge < -0.3 is 10.5 Å². The van der Waals surface area contributed by atoms with E-state index in [0.717, 1.165) is 12.1 Å². The van der Waals surface area contributed by atoms with E-state index in [1.165, 1.54) is 19.2 Å². The van der Waals surface area contributed by atoms with Crippen LogP contribution in [0.4, 0.5) is 5.82 Å². The Morgan fingerprint density at radius 3 is 2.95 bits per heavy atom. The third-order valence-corrected chi connectivity index (χ3v) is 3.75. The average Bonchev–Trinajstić information content (AvgIpc) is 3.23. The van der Waals surface area contributed by atoms with Gasteiger partial charge in [0.05, 0.1) is 0 Å². The number of ether oxygens (including phenoxy) is 1. The number of aromatic nitrogens is 5. The van der Waals surface area contributed by atoms with Crippen LogP contribution in [0, 0.1) is 12.8 Å². The number of fused-ring (bicyclic) bond motifs is 1. The lowest BCUT2D eigenvalue weighted by atomic mass is 10.3. The molecule has 0 radical (unpaired) electrons. The third kappa shape index (κ3) is 2.34. The van der Waals surface area contributed by atoms with Crippen molar-refractivity contribution in [1.82, 2.24) is 24.7 Å². The zero-order valence-corrected chi connectivity index (χ0v) is 12.2. The van der Waals surface area contributed by atoms with Gasteiger partial charge in [-0.15, -0.1) is 5.10 Å². The van der Waals surface area contributed by atoms with Crippen LogP contribution in [0.5, 0.6) is 11.8 Å². The second-order valence-corrected chi connectivity index (χ2v) is 5.66. The van der Waals surface area contributed by atoms with Gasteiger partial charge in [0, 0.05) is 18.8 Å². The second kappa shape index (κ2) is 4.94. The summed E-state index contributed by atoms with van der Waals surface area (Å²) in [6.45, 7) is 2.81. The number of nitrogens with zero attached hydrogens (tertiary/aromatic N) is 5. The first kappa shape index (κ1) is 13.0. The number of aryl methyl sites for hydroxylation is 1. The number of rotatable bonds is 4. The van der Waals surface area contributed by atoms with Gasteiger partial charge in [-0.1, -0.05) is 0 Å². The van der Waals surface area contributed by atoms with Crippen LogP contribution in [0.3, 0.4) is 0 Å². The van der Waals surface area contributed by atoms with Crippen LogP contribution in [-0.4, -0.2) is 24.7 Å². The first-order valence-electron chi connectivity index (χ1n) is 7.28. The molecule has 3 aromatic heterocycles. The highest BCUT2D eigenvalue weighted by Crippen LogP contribution is 2.35. The molecule has 0 saturated heterocycles. The molecular weight excluding hydrogens is 280 g/mol. The largest absolute Gasteiger partial charge is 0.418 e. The molecule has 0 aromatic carbocycles. The Morgan fingerprint density at radius 2 is 2.18 bits per heavy atom. The van der Waals surface area contributed by atoms with E-state index in [1.54, 1.807) is 6.20 Å². The van der Waals surface area contributed by atoms with Gasteiger partial charge >= 0.3 is 0 Å². The number of hydrogen-bond donors (Lipinski definition) is 1. The molecule has 1 fully saturated rings. The number of hydrogen-bond acceptors (Lipinski definition) is 6. The van der Waals surface area contributed by atoms with Crippen molar-refractivity contribution in [2.45, 2.75) is 26.3 Å². The molecule has 0 unspecified atom stereocenters. The molecule has 0 spiro atoms. The van der Waals surface area contributed by atoms with E-state index >= 15 is 0 Å². The molecule has 2 N–H and O–H groups in total. The van der Waals surface area contributed by atoms with Gasteiger partial charge in [0.1, 0.15) is 17.5 Å². The number of nitrogens with two attached hydrogens (primary N) is 1. The first-order valence-corrected chi connectivity index (χ1v) is 7.28. The van der Waals surface area contributed by atoms with Crippen molar-refractivity contribution in [3.8, 4) is 11.8 Å². The van der Waals surface area contributed by atoms with Crippen molar-refractivity contribution >= 4 is 16.9 Å². The number of anilines is 1.